The Balaban J connectivity index is 1.98. The van der Waals surface area contributed by atoms with Gasteiger partial charge in [-0.1, -0.05) is 6.92 Å². The molecule has 0 aliphatic heterocycles. The van der Waals surface area contributed by atoms with E-state index in [-0.39, 0.29) is 0 Å². The summed E-state index contributed by atoms with van der Waals surface area (Å²) in [5, 5.41) is 0. The van der Waals surface area contributed by atoms with Gasteiger partial charge in [-0.3, -0.25) is 0 Å². The van der Waals surface area contributed by atoms with E-state index in [0.29, 0.717) is 17.5 Å². The van der Waals surface area contributed by atoms with Crippen LogP contribution in [0, 0.1) is 5.92 Å². The number of benzene rings is 1. The van der Waals surface area contributed by atoms with Crippen LogP contribution in [0.4, 0.5) is 11.4 Å². The van der Waals surface area contributed by atoms with Gasteiger partial charge in [0, 0.05) is 23.5 Å². The first-order valence-electron chi connectivity index (χ1n) is 5.96. The number of ether oxygens (including phenoxy) is 1. The summed E-state index contributed by atoms with van der Waals surface area (Å²) in [5.74, 6) is 1.64. The number of rotatable bonds is 2. The van der Waals surface area contributed by atoms with E-state index in [4.69, 9.17) is 16.2 Å². The third-order valence-electron chi connectivity index (χ3n) is 3.22. The first-order chi connectivity index (χ1) is 7.63. The van der Waals surface area contributed by atoms with E-state index < -0.39 is 0 Å². The van der Waals surface area contributed by atoms with Crippen LogP contribution < -0.4 is 16.2 Å². The Labute approximate surface area is 96.8 Å². The molecule has 1 aromatic rings. The molecule has 0 atom stereocenters. The van der Waals surface area contributed by atoms with Crippen molar-refractivity contribution in [3.63, 3.8) is 0 Å². The molecule has 0 bridgehead atoms. The molecule has 0 unspecified atom stereocenters. The molecule has 3 heteroatoms. The van der Waals surface area contributed by atoms with Gasteiger partial charge < -0.3 is 16.2 Å². The highest BCUT2D eigenvalue weighted by Gasteiger charge is 2.19. The molecule has 16 heavy (non-hydrogen) atoms. The van der Waals surface area contributed by atoms with E-state index >= 15 is 0 Å². The Morgan fingerprint density at radius 2 is 1.56 bits per heavy atom. The molecule has 1 fully saturated rings. The molecular formula is C13H20N2O. The molecule has 1 aliphatic carbocycles. The molecule has 4 N–H and O–H groups in total. The predicted molar refractivity (Wildman–Crippen MR) is 67.3 cm³/mol. The molecule has 3 nitrogen and oxygen atoms in total. The molecule has 0 saturated heterocycles. The summed E-state index contributed by atoms with van der Waals surface area (Å²) >= 11 is 0. The highest BCUT2D eigenvalue weighted by atomic mass is 16.5. The van der Waals surface area contributed by atoms with Gasteiger partial charge in [0.25, 0.3) is 0 Å². The van der Waals surface area contributed by atoms with Gasteiger partial charge in [0.15, 0.2) is 0 Å². The lowest BCUT2D eigenvalue weighted by Crippen LogP contribution is -2.23. The Kier molecular flexibility index (Phi) is 3.22. The van der Waals surface area contributed by atoms with E-state index in [9.17, 15) is 0 Å². The molecule has 1 saturated carbocycles. The lowest BCUT2D eigenvalue weighted by molar-refractivity contribution is 0.135. The first kappa shape index (κ1) is 11.1. The summed E-state index contributed by atoms with van der Waals surface area (Å²) in [6, 6.07) is 5.43. The fourth-order valence-corrected chi connectivity index (χ4v) is 2.25. The highest BCUT2D eigenvalue weighted by molar-refractivity contribution is 5.56. The van der Waals surface area contributed by atoms with Crippen molar-refractivity contribution in [3.8, 4) is 5.75 Å². The standard InChI is InChI=1S/C13H20N2O/c1-9-2-4-12(5-3-9)16-13-7-10(14)6-11(15)8-13/h6-9,12H,2-5,14-15H2,1H3. The maximum Gasteiger partial charge on any atom is 0.123 e. The minimum Gasteiger partial charge on any atom is -0.490 e. The monoisotopic (exact) mass is 220 g/mol. The van der Waals surface area contributed by atoms with Crippen molar-refractivity contribution in [1.29, 1.82) is 0 Å². The number of hydrogen-bond acceptors (Lipinski definition) is 3. The fraction of sp³-hybridized carbons (Fsp3) is 0.538. The fourth-order valence-electron chi connectivity index (χ4n) is 2.25. The number of anilines is 2. The largest absolute Gasteiger partial charge is 0.490 e. The zero-order chi connectivity index (χ0) is 11.5. The van der Waals surface area contributed by atoms with Gasteiger partial charge >= 0.3 is 0 Å². The van der Waals surface area contributed by atoms with Crippen molar-refractivity contribution in [2.24, 2.45) is 5.92 Å². The normalized spacial score (nSPS) is 25.3. The SMILES string of the molecule is CC1CCC(Oc2cc(N)cc(N)c2)CC1. The second-order valence-corrected chi connectivity index (χ2v) is 4.84. The van der Waals surface area contributed by atoms with Crippen molar-refractivity contribution in [2.45, 2.75) is 38.7 Å². The van der Waals surface area contributed by atoms with Crippen LogP contribution in [0.5, 0.6) is 5.75 Å². The van der Waals surface area contributed by atoms with Crippen LogP contribution in [0.1, 0.15) is 32.6 Å². The van der Waals surface area contributed by atoms with Gasteiger partial charge in [0.2, 0.25) is 0 Å². The van der Waals surface area contributed by atoms with E-state index in [0.717, 1.165) is 24.5 Å². The Morgan fingerprint density at radius 3 is 2.12 bits per heavy atom. The van der Waals surface area contributed by atoms with Crippen molar-refractivity contribution in [3.05, 3.63) is 18.2 Å². The summed E-state index contributed by atoms with van der Waals surface area (Å²) in [7, 11) is 0. The molecule has 0 aromatic heterocycles. The highest BCUT2D eigenvalue weighted by Crippen LogP contribution is 2.28. The lowest BCUT2D eigenvalue weighted by Gasteiger charge is -2.27. The maximum absolute atomic E-state index is 5.91. The van der Waals surface area contributed by atoms with E-state index in [2.05, 4.69) is 6.92 Å². The lowest BCUT2D eigenvalue weighted by atomic mass is 9.89. The molecule has 0 radical (unpaired) electrons. The van der Waals surface area contributed by atoms with E-state index in [1.54, 1.807) is 6.07 Å². The summed E-state index contributed by atoms with van der Waals surface area (Å²) in [5.41, 5.74) is 12.8. The van der Waals surface area contributed by atoms with Gasteiger partial charge in [0.05, 0.1) is 6.10 Å². The average Bonchev–Trinajstić information content (AvgIpc) is 2.20. The van der Waals surface area contributed by atoms with Gasteiger partial charge in [-0.2, -0.15) is 0 Å². The Hall–Kier alpha value is -1.38. The smallest absolute Gasteiger partial charge is 0.123 e. The van der Waals surface area contributed by atoms with Crippen molar-refractivity contribution in [1.82, 2.24) is 0 Å². The summed E-state index contributed by atoms with van der Waals surface area (Å²) in [6.45, 7) is 2.30. The number of nitrogens with two attached hydrogens (primary N) is 2. The van der Waals surface area contributed by atoms with Gasteiger partial charge in [-0.15, -0.1) is 0 Å². The van der Waals surface area contributed by atoms with Crippen LogP contribution in [0.3, 0.4) is 0 Å². The Morgan fingerprint density at radius 1 is 1.00 bits per heavy atom. The average molecular weight is 220 g/mol. The number of hydrogen-bond donors (Lipinski definition) is 2. The van der Waals surface area contributed by atoms with Crippen molar-refractivity contribution in [2.75, 3.05) is 11.5 Å². The second-order valence-electron chi connectivity index (χ2n) is 4.84. The van der Waals surface area contributed by atoms with Gasteiger partial charge in [-0.05, 0) is 37.7 Å². The van der Waals surface area contributed by atoms with E-state index in [1.165, 1.54) is 12.8 Å². The van der Waals surface area contributed by atoms with Crippen LogP contribution in [0.15, 0.2) is 18.2 Å². The first-order valence-corrected chi connectivity index (χ1v) is 5.96. The zero-order valence-corrected chi connectivity index (χ0v) is 9.78. The molecular weight excluding hydrogens is 200 g/mol. The summed E-state index contributed by atoms with van der Waals surface area (Å²) < 4.78 is 5.91. The van der Waals surface area contributed by atoms with Gasteiger partial charge in [-0.25, -0.2) is 0 Å². The predicted octanol–water partition coefficient (Wildman–Crippen LogP) is 2.81. The Bertz CT molecular complexity index is 337. The topological polar surface area (TPSA) is 61.3 Å². The molecule has 1 aliphatic rings. The maximum atomic E-state index is 5.91. The third-order valence-corrected chi connectivity index (χ3v) is 3.22. The minimum absolute atomic E-state index is 0.331. The minimum atomic E-state index is 0.331. The van der Waals surface area contributed by atoms with Crippen LogP contribution in [0.25, 0.3) is 0 Å². The quantitative estimate of drug-likeness (QED) is 0.753. The molecule has 2 rings (SSSR count). The van der Waals surface area contributed by atoms with Crippen molar-refractivity contribution >= 4 is 11.4 Å². The van der Waals surface area contributed by atoms with Gasteiger partial charge in [0.1, 0.15) is 5.75 Å². The van der Waals surface area contributed by atoms with Crippen LogP contribution in [-0.4, -0.2) is 6.10 Å². The molecule has 0 spiro atoms. The van der Waals surface area contributed by atoms with Crippen LogP contribution in [0.2, 0.25) is 0 Å². The zero-order valence-electron chi connectivity index (χ0n) is 9.78. The van der Waals surface area contributed by atoms with E-state index in [1.807, 2.05) is 12.1 Å². The number of nitrogen functional groups attached to an aromatic ring is 2. The molecule has 0 amide bonds. The molecule has 1 aromatic carbocycles. The van der Waals surface area contributed by atoms with Crippen molar-refractivity contribution < 1.29 is 4.74 Å². The third kappa shape index (κ3) is 2.81. The summed E-state index contributed by atoms with van der Waals surface area (Å²) in [6.07, 6.45) is 5.11. The second kappa shape index (κ2) is 4.64. The van der Waals surface area contributed by atoms with Crippen LogP contribution >= 0.6 is 0 Å². The molecule has 88 valence electrons. The molecule has 0 heterocycles. The summed E-state index contributed by atoms with van der Waals surface area (Å²) in [4.78, 5) is 0. The van der Waals surface area contributed by atoms with Crippen LogP contribution in [-0.2, 0) is 0 Å².